The lowest BCUT2D eigenvalue weighted by atomic mass is 10.3. The number of fused-ring (bicyclic) bond motifs is 1. The third-order valence-corrected chi connectivity index (χ3v) is 3.64. The lowest BCUT2D eigenvalue weighted by molar-refractivity contribution is -0.114. The maximum Gasteiger partial charge on any atom is 0.222 e. The van der Waals surface area contributed by atoms with Gasteiger partial charge in [0.2, 0.25) is 5.91 Å². The number of nitrogens with zero attached hydrogens (tertiary/aromatic N) is 4. The first-order valence-electron chi connectivity index (χ1n) is 7.96. The average Bonchev–Trinajstić information content (AvgIpc) is 3.11. The van der Waals surface area contributed by atoms with Gasteiger partial charge in [-0.05, 0) is 24.3 Å². The van der Waals surface area contributed by atoms with Crippen LogP contribution < -0.4 is 10.6 Å². The van der Waals surface area contributed by atoms with Gasteiger partial charge >= 0.3 is 0 Å². The topological polar surface area (TPSA) is 108 Å². The molecule has 0 aliphatic heterocycles. The first-order valence-corrected chi connectivity index (χ1v) is 7.96. The third kappa shape index (κ3) is 3.20. The Labute approximate surface area is 148 Å². The SMILES string of the molecule is CC(=O)Nc1cc(Nc2nc(-c3ccccn3)nc3[nH]ccc23)ccn1. The second-order valence-electron chi connectivity index (χ2n) is 5.59. The molecule has 4 rings (SSSR count). The van der Waals surface area contributed by atoms with E-state index in [1.54, 1.807) is 24.5 Å². The van der Waals surface area contributed by atoms with E-state index in [1.807, 2.05) is 30.5 Å². The van der Waals surface area contributed by atoms with Crippen LogP contribution in [0.5, 0.6) is 0 Å². The van der Waals surface area contributed by atoms with Gasteiger partial charge in [-0.3, -0.25) is 9.78 Å². The van der Waals surface area contributed by atoms with Crippen LogP contribution in [-0.2, 0) is 4.79 Å². The number of amides is 1. The number of carbonyl (C=O) groups excluding carboxylic acids is 1. The number of aromatic nitrogens is 5. The van der Waals surface area contributed by atoms with E-state index < -0.39 is 0 Å². The monoisotopic (exact) mass is 345 g/mol. The van der Waals surface area contributed by atoms with Crippen LogP contribution in [-0.4, -0.2) is 30.8 Å². The third-order valence-electron chi connectivity index (χ3n) is 3.64. The zero-order valence-corrected chi connectivity index (χ0v) is 13.9. The van der Waals surface area contributed by atoms with Gasteiger partial charge in [-0.15, -0.1) is 0 Å². The largest absolute Gasteiger partial charge is 0.346 e. The van der Waals surface area contributed by atoms with Crippen molar-refractivity contribution in [2.45, 2.75) is 6.92 Å². The van der Waals surface area contributed by atoms with Gasteiger partial charge in [0.05, 0.1) is 5.39 Å². The Morgan fingerprint density at radius 1 is 1.08 bits per heavy atom. The molecule has 4 heterocycles. The summed E-state index contributed by atoms with van der Waals surface area (Å²) in [6.07, 6.45) is 5.12. The number of carbonyl (C=O) groups is 1. The average molecular weight is 345 g/mol. The molecule has 0 bridgehead atoms. The van der Waals surface area contributed by atoms with E-state index in [0.717, 1.165) is 11.1 Å². The van der Waals surface area contributed by atoms with Gasteiger partial charge < -0.3 is 15.6 Å². The molecule has 0 saturated heterocycles. The number of hydrogen-bond acceptors (Lipinski definition) is 6. The van der Waals surface area contributed by atoms with Crippen molar-refractivity contribution < 1.29 is 4.79 Å². The molecule has 4 aromatic rings. The molecular weight excluding hydrogens is 330 g/mol. The van der Waals surface area contributed by atoms with Crippen molar-refractivity contribution in [2.24, 2.45) is 0 Å². The highest BCUT2D eigenvalue weighted by atomic mass is 16.1. The first-order chi connectivity index (χ1) is 12.7. The maximum atomic E-state index is 11.2. The molecule has 8 nitrogen and oxygen atoms in total. The van der Waals surface area contributed by atoms with Crippen LogP contribution >= 0.6 is 0 Å². The number of rotatable bonds is 4. The molecule has 0 aliphatic carbocycles. The highest BCUT2D eigenvalue weighted by molar-refractivity contribution is 5.91. The maximum absolute atomic E-state index is 11.2. The Bertz CT molecular complexity index is 1080. The van der Waals surface area contributed by atoms with Crippen molar-refractivity contribution in [3.05, 3.63) is 55.0 Å². The summed E-state index contributed by atoms with van der Waals surface area (Å²) in [4.78, 5) is 31.9. The summed E-state index contributed by atoms with van der Waals surface area (Å²) >= 11 is 0. The zero-order valence-electron chi connectivity index (χ0n) is 13.9. The fourth-order valence-electron chi connectivity index (χ4n) is 2.54. The van der Waals surface area contributed by atoms with Crippen molar-refractivity contribution in [2.75, 3.05) is 10.6 Å². The standard InChI is InChI=1S/C18H15N7O/c1-11(26)22-15-10-12(5-8-20-15)23-17-13-6-9-21-16(13)24-18(25-17)14-4-2-3-7-19-14/h2-10H,1H3,(H3,20,21,22,23,24,25,26). The van der Waals surface area contributed by atoms with Crippen LogP contribution in [0, 0.1) is 0 Å². The summed E-state index contributed by atoms with van der Waals surface area (Å²) < 4.78 is 0. The molecule has 128 valence electrons. The summed E-state index contributed by atoms with van der Waals surface area (Å²) in [5.41, 5.74) is 2.14. The van der Waals surface area contributed by atoms with Gasteiger partial charge in [0.25, 0.3) is 0 Å². The fraction of sp³-hybridized carbons (Fsp3) is 0.0556. The highest BCUT2D eigenvalue weighted by Gasteiger charge is 2.11. The summed E-state index contributed by atoms with van der Waals surface area (Å²) in [6, 6.07) is 11.0. The fourth-order valence-corrected chi connectivity index (χ4v) is 2.54. The van der Waals surface area contributed by atoms with Gasteiger partial charge in [-0.25, -0.2) is 15.0 Å². The second-order valence-corrected chi connectivity index (χ2v) is 5.59. The van der Waals surface area contributed by atoms with Crippen LogP contribution in [0.2, 0.25) is 0 Å². The van der Waals surface area contributed by atoms with Gasteiger partial charge in [0.1, 0.15) is 23.0 Å². The molecule has 0 radical (unpaired) electrons. The molecule has 0 unspecified atom stereocenters. The quantitative estimate of drug-likeness (QED) is 0.524. The second kappa shape index (κ2) is 6.60. The number of pyridine rings is 2. The molecule has 4 aromatic heterocycles. The van der Waals surface area contributed by atoms with E-state index in [-0.39, 0.29) is 5.91 Å². The van der Waals surface area contributed by atoms with Crippen molar-refractivity contribution in [3.8, 4) is 11.5 Å². The van der Waals surface area contributed by atoms with Crippen LogP contribution in [0.1, 0.15) is 6.92 Å². The zero-order chi connectivity index (χ0) is 17.9. The van der Waals surface area contributed by atoms with Gasteiger partial charge in [-0.2, -0.15) is 0 Å². The van der Waals surface area contributed by atoms with E-state index >= 15 is 0 Å². The van der Waals surface area contributed by atoms with Crippen LogP contribution in [0.25, 0.3) is 22.6 Å². The summed E-state index contributed by atoms with van der Waals surface area (Å²) in [5, 5.41) is 6.78. The lowest BCUT2D eigenvalue weighted by Crippen LogP contribution is -2.07. The number of anilines is 3. The van der Waals surface area contributed by atoms with Crippen LogP contribution in [0.15, 0.2) is 55.0 Å². The van der Waals surface area contributed by atoms with Crippen LogP contribution in [0.3, 0.4) is 0 Å². The minimum absolute atomic E-state index is 0.179. The molecule has 1 amide bonds. The predicted octanol–water partition coefficient (Wildman–Crippen LogP) is 3.12. The number of nitrogens with one attached hydrogen (secondary N) is 3. The van der Waals surface area contributed by atoms with E-state index in [1.165, 1.54) is 6.92 Å². The first kappa shape index (κ1) is 15.7. The lowest BCUT2D eigenvalue weighted by Gasteiger charge is -2.10. The minimum Gasteiger partial charge on any atom is -0.346 e. The van der Waals surface area contributed by atoms with Gasteiger partial charge in [-0.1, -0.05) is 6.07 Å². The number of hydrogen-bond donors (Lipinski definition) is 3. The molecule has 0 fully saturated rings. The molecular formula is C18H15N7O. The van der Waals surface area contributed by atoms with E-state index in [0.29, 0.717) is 28.8 Å². The highest BCUT2D eigenvalue weighted by Crippen LogP contribution is 2.26. The number of aromatic amines is 1. The Kier molecular flexibility index (Phi) is 3.98. The molecule has 0 spiro atoms. The molecule has 0 saturated carbocycles. The van der Waals surface area contributed by atoms with Crippen molar-refractivity contribution in [1.29, 1.82) is 0 Å². The van der Waals surface area contributed by atoms with Crippen molar-refractivity contribution in [1.82, 2.24) is 24.9 Å². The Morgan fingerprint density at radius 3 is 2.81 bits per heavy atom. The predicted molar refractivity (Wildman–Crippen MR) is 98.9 cm³/mol. The normalized spacial score (nSPS) is 10.7. The Balaban J connectivity index is 1.74. The Hall–Kier alpha value is -3.81. The van der Waals surface area contributed by atoms with Crippen LogP contribution in [0.4, 0.5) is 17.3 Å². The van der Waals surface area contributed by atoms with Gasteiger partial charge in [0, 0.05) is 37.3 Å². The summed E-state index contributed by atoms with van der Waals surface area (Å²) in [5.74, 6) is 1.44. The molecule has 8 heteroatoms. The van der Waals surface area contributed by atoms with E-state index in [4.69, 9.17) is 0 Å². The number of H-pyrrole nitrogens is 1. The van der Waals surface area contributed by atoms with Crippen molar-refractivity contribution in [3.63, 3.8) is 0 Å². The molecule has 26 heavy (non-hydrogen) atoms. The smallest absolute Gasteiger partial charge is 0.222 e. The summed E-state index contributed by atoms with van der Waals surface area (Å²) in [6.45, 7) is 1.44. The minimum atomic E-state index is -0.179. The molecule has 0 aromatic carbocycles. The van der Waals surface area contributed by atoms with E-state index in [9.17, 15) is 4.79 Å². The molecule has 0 atom stereocenters. The summed E-state index contributed by atoms with van der Waals surface area (Å²) in [7, 11) is 0. The Morgan fingerprint density at radius 2 is 2.00 bits per heavy atom. The van der Waals surface area contributed by atoms with E-state index in [2.05, 4.69) is 35.6 Å². The van der Waals surface area contributed by atoms with Crippen molar-refractivity contribution >= 4 is 34.3 Å². The molecule has 0 aliphatic rings. The van der Waals surface area contributed by atoms with Gasteiger partial charge in [0.15, 0.2) is 5.82 Å². The molecule has 3 N–H and O–H groups in total.